The third kappa shape index (κ3) is 2.98. The highest BCUT2D eigenvalue weighted by atomic mass is 15.3. The van der Waals surface area contributed by atoms with Crippen molar-refractivity contribution in [3.63, 3.8) is 0 Å². The first kappa shape index (κ1) is 15.1. The second kappa shape index (κ2) is 6.22. The first-order valence-corrected chi connectivity index (χ1v) is 8.24. The molecular weight excluding hydrogens is 300 g/mol. The van der Waals surface area contributed by atoms with E-state index in [2.05, 4.69) is 45.4 Å². The van der Waals surface area contributed by atoms with Gasteiger partial charge in [0.2, 0.25) is 0 Å². The molecule has 3 heterocycles. The van der Waals surface area contributed by atoms with Gasteiger partial charge in [0, 0.05) is 57.2 Å². The molecule has 1 aliphatic heterocycles. The number of likely N-dealkylation sites (tertiary alicyclic amines) is 1. The smallest absolute Gasteiger partial charge is 0.0946 e. The van der Waals surface area contributed by atoms with Crippen molar-refractivity contribution in [2.75, 3.05) is 13.1 Å². The van der Waals surface area contributed by atoms with Crippen LogP contribution in [0, 0.1) is 0 Å². The Morgan fingerprint density at radius 3 is 2.71 bits per heavy atom. The van der Waals surface area contributed by atoms with Gasteiger partial charge in [-0.1, -0.05) is 12.1 Å². The molecule has 0 aliphatic carbocycles. The summed E-state index contributed by atoms with van der Waals surface area (Å²) in [6.45, 7) is 2.78. The summed E-state index contributed by atoms with van der Waals surface area (Å²) in [6, 6.07) is 10.6. The molecule has 124 valence electrons. The fourth-order valence-electron chi connectivity index (χ4n) is 3.41. The lowest BCUT2D eigenvalue weighted by atomic mass is 10.0. The minimum Gasteiger partial charge on any atom is -0.340 e. The maximum atomic E-state index is 6.35. The van der Waals surface area contributed by atoms with Gasteiger partial charge in [0.1, 0.15) is 0 Å². The lowest BCUT2D eigenvalue weighted by Crippen LogP contribution is -2.28. The Labute approximate surface area is 141 Å². The van der Waals surface area contributed by atoms with Crippen LogP contribution < -0.4 is 5.73 Å². The van der Waals surface area contributed by atoms with Gasteiger partial charge in [-0.25, -0.2) is 9.67 Å². The molecule has 6 heteroatoms. The van der Waals surface area contributed by atoms with E-state index in [9.17, 15) is 0 Å². The molecule has 1 aliphatic rings. The van der Waals surface area contributed by atoms with Crippen LogP contribution in [-0.4, -0.2) is 43.4 Å². The van der Waals surface area contributed by atoms with Crippen LogP contribution in [0.1, 0.15) is 17.2 Å². The van der Waals surface area contributed by atoms with E-state index >= 15 is 0 Å². The molecule has 2 atom stereocenters. The largest absolute Gasteiger partial charge is 0.340 e. The molecule has 0 saturated carbocycles. The standard InChI is InChI=1S/C18H22N6/c1-22-12-18(20-13-22)16-10-23(11-17(16)19)9-14-3-5-15(6-4-14)24-8-2-7-21-24/h2-8,12-13,16-17H,9-11,19H2,1H3/t16-,17-/m1/s1. The first-order valence-electron chi connectivity index (χ1n) is 8.24. The van der Waals surface area contributed by atoms with Crippen molar-refractivity contribution in [2.24, 2.45) is 12.8 Å². The Kier molecular flexibility index (Phi) is 3.92. The van der Waals surface area contributed by atoms with Gasteiger partial charge < -0.3 is 10.3 Å². The predicted octanol–water partition coefficient (Wildman–Crippen LogP) is 1.53. The fraction of sp³-hybridized carbons (Fsp3) is 0.333. The Balaban J connectivity index is 1.42. The summed E-state index contributed by atoms with van der Waals surface area (Å²) in [4.78, 5) is 6.89. The maximum Gasteiger partial charge on any atom is 0.0946 e. The second-order valence-electron chi connectivity index (χ2n) is 6.55. The summed E-state index contributed by atoms with van der Waals surface area (Å²) in [5.74, 6) is 0.314. The van der Waals surface area contributed by atoms with E-state index < -0.39 is 0 Å². The highest BCUT2D eigenvalue weighted by Crippen LogP contribution is 2.26. The summed E-state index contributed by atoms with van der Waals surface area (Å²) in [6.07, 6.45) is 7.66. The van der Waals surface area contributed by atoms with Crippen LogP contribution in [0.2, 0.25) is 0 Å². The number of benzene rings is 1. The maximum absolute atomic E-state index is 6.35. The Bertz CT molecular complexity index is 789. The molecule has 3 aromatic rings. The molecule has 24 heavy (non-hydrogen) atoms. The van der Waals surface area contributed by atoms with Crippen LogP contribution in [0.15, 0.2) is 55.2 Å². The number of rotatable bonds is 4. The molecule has 1 saturated heterocycles. The normalized spacial score (nSPS) is 21.4. The second-order valence-corrected chi connectivity index (χ2v) is 6.55. The summed E-state index contributed by atoms with van der Waals surface area (Å²) in [7, 11) is 2.00. The predicted molar refractivity (Wildman–Crippen MR) is 92.8 cm³/mol. The lowest BCUT2D eigenvalue weighted by Gasteiger charge is -2.15. The van der Waals surface area contributed by atoms with Crippen molar-refractivity contribution in [3.8, 4) is 5.69 Å². The van der Waals surface area contributed by atoms with Crippen molar-refractivity contribution in [2.45, 2.75) is 18.5 Å². The zero-order chi connectivity index (χ0) is 16.5. The molecule has 6 nitrogen and oxygen atoms in total. The molecule has 2 aromatic heterocycles. The van der Waals surface area contributed by atoms with Gasteiger partial charge in [-0.2, -0.15) is 5.10 Å². The average molecular weight is 322 g/mol. The van der Waals surface area contributed by atoms with Gasteiger partial charge in [-0.3, -0.25) is 4.90 Å². The average Bonchev–Trinajstić information content (AvgIpc) is 3.30. The molecule has 0 bridgehead atoms. The number of nitrogens with zero attached hydrogens (tertiary/aromatic N) is 5. The Hall–Kier alpha value is -2.44. The van der Waals surface area contributed by atoms with E-state index in [1.807, 2.05) is 34.9 Å². The lowest BCUT2D eigenvalue weighted by molar-refractivity contribution is 0.323. The van der Waals surface area contributed by atoms with E-state index in [-0.39, 0.29) is 6.04 Å². The summed E-state index contributed by atoms with van der Waals surface area (Å²) in [5, 5.41) is 4.26. The van der Waals surface area contributed by atoms with Crippen LogP contribution in [0.3, 0.4) is 0 Å². The number of aryl methyl sites for hydroxylation is 1. The highest BCUT2D eigenvalue weighted by Gasteiger charge is 2.32. The molecule has 1 fully saturated rings. The summed E-state index contributed by atoms with van der Waals surface area (Å²) >= 11 is 0. The topological polar surface area (TPSA) is 64.9 Å². The number of nitrogens with two attached hydrogens (primary N) is 1. The van der Waals surface area contributed by atoms with Crippen molar-refractivity contribution < 1.29 is 0 Å². The van der Waals surface area contributed by atoms with Gasteiger partial charge in [0.05, 0.1) is 17.7 Å². The van der Waals surface area contributed by atoms with Crippen molar-refractivity contribution >= 4 is 0 Å². The van der Waals surface area contributed by atoms with E-state index in [0.29, 0.717) is 5.92 Å². The minimum absolute atomic E-state index is 0.142. The third-order valence-electron chi connectivity index (χ3n) is 4.66. The number of hydrogen-bond acceptors (Lipinski definition) is 4. The van der Waals surface area contributed by atoms with Crippen LogP contribution in [0.5, 0.6) is 0 Å². The third-order valence-corrected chi connectivity index (χ3v) is 4.66. The van der Waals surface area contributed by atoms with E-state index in [1.165, 1.54) is 5.56 Å². The van der Waals surface area contributed by atoms with Crippen LogP contribution >= 0.6 is 0 Å². The van der Waals surface area contributed by atoms with Crippen LogP contribution in [0.4, 0.5) is 0 Å². The van der Waals surface area contributed by atoms with Gasteiger partial charge in [0.25, 0.3) is 0 Å². The van der Waals surface area contributed by atoms with Crippen LogP contribution in [0.25, 0.3) is 5.69 Å². The van der Waals surface area contributed by atoms with Crippen LogP contribution in [-0.2, 0) is 13.6 Å². The SMILES string of the molecule is Cn1cnc([C@@H]2CN(Cc3ccc(-n4cccn4)cc3)C[C@H]2N)c1. The van der Waals surface area contributed by atoms with Gasteiger partial charge in [-0.05, 0) is 23.8 Å². The summed E-state index contributed by atoms with van der Waals surface area (Å²) in [5.41, 5.74) is 9.82. The zero-order valence-corrected chi connectivity index (χ0v) is 13.8. The fourth-order valence-corrected chi connectivity index (χ4v) is 3.41. The molecular formula is C18H22N6. The van der Waals surface area contributed by atoms with Crippen molar-refractivity contribution in [3.05, 3.63) is 66.5 Å². The zero-order valence-electron chi connectivity index (χ0n) is 13.8. The molecule has 0 spiro atoms. The van der Waals surface area contributed by atoms with E-state index in [4.69, 9.17) is 5.73 Å². The Morgan fingerprint density at radius 2 is 2.04 bits per heavy atom. The van der Waals surface area contributed by atoms with Gasteiger partial charge in [0.15, 0.2) is 0 Å². The van der Waals surface area contributed by atoms with Crippen molar-refractivity contribution in [1.29, 1.82) is 0 Å². The molecule has 4 rings (SSSR count). The van der Waals surface area contributed by atoms with Gasteiger partial charge in [-0.15, -0.1) is 0 Å². The number of aromatic nitrogens is 4. The molecule has 2 N–H and O–H groups in total. The molecule has 0 amide bonds. The number of imidazole rings is 1. The highest BCUT2D eigenvalue weighted by molar-refractivity contribution is 5.33. The van der Waals surface area contributed by atoms with Crippen molar-refractivity contribution in [1.82, 2.24) is 24.2 Å². The number of hydrogen-bond donors (Lipinski definition) is 1. The first-order chi connectivity index (χ1) is 11.7. The monoisotopic (exact) mass is 322 g/mol. The molecule has 0 unspecified atom stereocenters. The van der Waals surface area contributed by atoms with Gasteiger partial charge >= 0.3 is 0 Å². The molecule has 1 aromatic carbocycles. The summed E-state index contributed by atoms with van der Waals surface area (Å²) < 4.78 is 3.85. The van der Waals surface area contributed by atoms with E-state index in [0.717, 1.165) is 31.0 Å². The quantitative estimate of drug-likeness (QED) is 0.791. The molecule has 0 radical (unpaired) electrons. The van der Waals surface area contributed by atoms with E-state index in [1.54, 1.807) is 6.20 Å². The minimum atomic E-state index is 0.142. The Morgan fingerprint density at radius 1 is 1.21 bits per heavy atom.